The molecule has 0 aliphatic heterocycles. The van der Waals surface area contributed by atoms with Gasteiger partial charge in [-0.1, -0.05) is 56.3 Å². The first kappa shape index (κ1) is 20.8. The van der Waals surface area contributed by atoms with Crippen molar-refractivity contribution < 1.29 is 4.79 Å². The molecule has 1 atom stereocenters. The Hall–Kier alpha value is -2.53. The van der Waals surface area contributed by atoms with E-state index in [1.807, 2.05) is 30.3 Å². The Morgan fingerprint density at radius 1 is 0.926 bits per heavy atom. The highest BCUT2D eigenvalue weighted by Gasteiger charge is 2.14. The smallest absolute Gasteiger partial charge is 0.315 e. The van der Waals surface area contributed by atoms with Gasteiger partial charge in [-0.2, -0.15) is 0 Å². The van der Waals surface area contributed by atoms with Crippen LogP contribution < -0.4 is 16.0 Å². The number of amides is 2. The van der Waals surface area contributed by atoms with E-state index in [9.17, 15) is 4.79 Å². The van der Waals surface area contributed by atoms with E-state index in [2.05, 4.69) is 73.1 Å². The Kier molecular flexibility index (Phi) is 8.14. The molecule has 146 valence electrons. The van der Waals surface area contributed by atoms with Crippen LogP contribution >= 0.6 is 0 Å². The molecule has 2 amide bonds. The van der Waals surface area contributed by atoms with Crippen LogP contribution in [0.3, 0.4) is 0 Å². The van der Waals surface area contributed by atoms with Gasteiger partial charge in [0.25, 0.3) is 0 Å². The molecule has 5 nitrogen and oxygen atoms in total. The van der Waals surface area contributed by atoms with E-state index >= 15 is 0 Å². The SMILES string of the molecule is CC(C)C(CNC(=O)NCc1ccc(CN(C)C)cc1)Nc1ccccc1. The van der Waals surface area contributed by atoms with Gasteiger partial charge in [0.2, 0.25) is 0 Å². The van der Waals surface area contributed by atoms with Gasteiger partial charge in [0.1, 0.15) is 0 Å². The summed E-state index contributed by atoms with van der Waals surface area (Å²) in [6.07, 6.45) is 0. The van der Waals surface area contributed by atoms with Crippen molar-refractivity contribution in [3.05, 3.63) is 65.7 Å². The predicted molar refractivity (Wildman–Crippen MR) is 113 cm³/mol. The highest BCUT2D eigenvalue weighted by Crippen LogP contribution is 2.12. The summed E-state index contributed by atoms with van der Waals surface area (Å²) in [4.78, 5) is 14.3. The summed E-state index contributed by atoms with van der Waals surface area (Å²) < 4.78 is 0. The van der Waals surface area contributed by atoms with Crippen molar-refractivity contribution in [1.82, 2.24) is 15.5 Å². The number of rotatable bonds is 9. The van der Waals surface area contributed by atoms with Crippen molar-refractivity contribution in [1.29, 1.82) is 0 Å². The minimum Gasteiger partial charge on any atom is -0.380 e. The molecule has 1 unspecified atom stereocenters. The molecule has 0 fully saturated rings. The molecule has 0 saturated heterocycles. The maximum Gasteiger partial charge on any atom is 0.315 e. The molecule has 0 radical (unpaired) electrons. The van der Waals surface area contributed by atoms with Crippen molar-refractivity contribution in [3.8, 4) is 0 Å². The number of carbonyl (C=O) groups is 1. The number of urea groups is 1. The molecule has 27 heavy (non-hydrogen) atoms. The number of hydrogen-bond donors (Lipinski definition) is 3. The minimum atomic E-state index is -0.145. The van der Waals surface area contributed by atoms with Gasteiger partial charge in [-0.3, -0.25) is 0 Å². The second-order valence-corrected chi connectivity index (χ2v) is 7.48. The van der Waals surface area contributed by atoms with Gasteiger partial charge in [0.15, 0.2) is 0 Å². The van der Waals surface area contributed by atoms with Crippen molar-refractivity contribution in [2.75, 3.05) is 26.0 Å². The first-order chi connectivity index (χ1) is 12.9. The fraction of sp³-hybridized carbons (Fsp3) is 0.409. The summed E-state index contributed by atoms with van der Waals surface area (Å²) in [5, 5.41) is 9.38. The van der Waals surface area contributed by atoms with Crippen molar-refractivity contribution in [3.63, 3.8) is 0 Å². The number of para-hydroxylation sites is 1. The molecule has 0 aliphatic carbocycles. The van der Waals surface area contributed by atoms with E-state index in [1.165, 1.54) is 5.56 Å². The molecule has 0 spiro atoms. The van der Waals surface area contributed by atoms with E-state index in [-0.39, 0.29) is 12.1 Å². The van der Waals surface area contributed by atoms with Crippen LogP contribution in [-0.2, 0) is 13.1 Å². The number of hydrogen-bond acceptors (Lipinski definition) is 3. The molecule has 2 aromatic carbocycles. The number of nitrogens with zero attached hydrogens (tertiary/aromatic N) is 1. The van der Waals surface area contributed by atoms with Crippen molar-refractivity contribution in [2.24, 2.45) is 5.92 Å². The zero-order valence-corrected chi connectivity index (χ0v) is 16.8. The third-order valence-corrected chi connectivity index (χ3v) is 4.39. The van der Waals surface area contributed by atoms with Gasteiger partial charge >= 0.3 is 6.03 Å². The van der Waals surface area contributed by atoms with E-state index in [1.54, 1.807) is 0 Å². The Balaban J connectivity index is 1.77. The van der Waals surface area contributed by atoms with E-state index < -0.39 is 0 Å². The molecular weight excluding hydrogens is 336 g/mol. The average molecular weight is 369 g/mol. The number of anilines is 1. The molecule has 0 bridgehead atoms. The number of carbonyl (C=O) groups excluding carboxylic acids is 1. The highest BCUT2D eigenvalue weighted by atomic mass is 16.2. The third-order valence-electron chi connectivity index (χ3n) is 4.39. The van der Waals surface area contributed by atoms with E-state index in [4.69, 9.17) is 0 Å². The lowest BCUT2D eigenvalue weighted by atomic mass is 10.0. The minimum absolute atomic E-state index is 0.145. The summed E-state index contributed by atoms with van der Waals surface area (Å²) in [6, 6.07) is 18.4. The summed E-state index contributed by atoms with van der Waals surface area (Å²) in [7, 11) is 4.10. The summed E-state index contributed by atoms with van der Waals surface area (Å²) >= 11 is 0. The van der Waals surface area contributed by atoms with Gasteiger partial charge in [-0.05, 0) is 43.3 Å². The Labute approximate surface area is 163 Å². The quantitative estimate of drug-likeness (QED) is 0.633. The lowest BCUT2D eigenvalue weighted by molar-refractivity contribution is 0.239. The van der Waals surface area contributed by atoms with Gasteiger partial charge < -0.3 is 20.9 Å². The summed E-state index contributed by atoms with van der Waals surface area (Å²) in [5.41, 5.74) is 3.42. The Morgan fingerprint density at radius 3 is 2.15 bits per heavy atom. The molecule has 5 heteroatoms. The van der Waals surface area contributed by atoms with Crippen LogP contribution in [0.15, 0.2) is 54.6 Å². The van der Waals surface area contributed by atoms with Crippen LogP contribution in [-0.4, -0.2) is 37.6 Å². The number of nitrogens with one attached hydrogen (secondary N) is 3. The molecule has 0 aromatic heterocycles. The van der Waals surface area contributed by atoms with Crippen LogP contribution in [0, 0.1) is 5.92 Å². The molecule has 0 heterocycles. The van der Waals surface area contributed by atoms with Gasteiger partial charge in [0.05, 0.1) is 0 Å². The normalized spacial score (nSPS) is 12.1. The van der Waals surface area contributed by atoms with Crippen LogP contribution in [0.2, 0.25) is 0 Å². The average Bonchev–Trinajstić information content (AvgIpc) is 2.64. The van der Waals surface area contributed by atoms with Crippen molar-refractivity contribution >= 4 is 11.7 Å². The lowest BCUT2D eigenvalue weighted by Gasteiger charge is -2.24. The fourth-order valence-corrected chi connectivity index (χ4v) is 2.78. The van der Waals surface area contributed by atoms with E-state index in [0.29, 0.717) is 19.0 Å². The zero-order chi connectivity index (χ0) is 19.6. The Morgan fingerprint density at radius 2 is 1.56 bits per heavy atom. The standard InChI is InChI=1S/C22H32N4O/c1-17(2)21(25-20-8-6-5-7-9-20)15-24-22(27)23-14-18-10-12-19(13-11-18)16-26(3)4/h5-13,17,21,25H,14-16H2,1-4H3,(H2,23,24,27). The second kappa shape index (κ2) is 10.6. The molecular formula is C22H32N4O. The molecule has 2 aromatic rings. The monoisotopic (exact) mass is 368 g/mol. The fourth-order valence-electron chi connectivity index (χ4n) is 2.78. The first-order valence-electron chi connectivity index (χ1n) is 9.50. The maximum atomic E-state index is 12.2. The third kappa shape index (κ3) is 7.71. The predicted octanol–water partition coefficient (Wildman–Crippen LogP) is 3.68. The maximum absolute atomic E-state index is 12.2. The molecule has 0 aliphatic rings. The largest absolute Gasteiger partial charge is 0.380 e. The van der Waals surface area contributed by atoms with E-state index in [0.717, 1.165) is 17.8 Å². The Bertz CT molecular complexity index is 683. The van der Waals surface area contributed by atoms with Crippen LogP contribution in [0.1, 0.15) is 25.0 Å². The van der Waals surface area contributed by atoms with Crippen LogP contribution in [0.5, 0.6) is 0 Å². The lowest BCUT2D eigenvalue weighted by Crippen LogP contribution is -2.43. The topological polar surface area (TPSA) is 56.4 Å². The zero-order valence-electron chi connectivity index (χ0n) is 16.8. The van der Waals surface area contributed by atoms with Gasteiger partial charge in [0, 0.05) is 31.4 Å². The summed E-state index contributed by atoms with van der Waals surface area (Å²) in [6.45, 7) is 6.30. The van der Waals surface area contributed by atoms with Crippen LogP contribution in [0.4, 0.5) is 10.5 Å². The van der Waals surface area contributed by atoms with Gasteiger partial charge in [-0.15, -0.1) is 0 Å². The second-order valence-electron chi connectivity index (χ2n) is 7.48. The number of benzene rings is 2. The van der Waals surface area contributed by atoms with Crippen molar-refractivity contribution in [2.45, 2.75) is 33.0 Å². The van der Waals surface area contributed by atoms with Gasteiger partial charge in [-0.25, -0.2) is 4.79 Å². The molecule has 0 saturated carbocycles. The molecule has 2 rings (SSSR count). The summed E-state index contributed by atoms with van der Waals surface area (Å²) in [5.74, 6) is 0.398. The first-order valence-corrected chi connectivity index (χ1v) is 9.50. The molecule has 3 N–H and O–H groups in total. The van der Waals surface area contributed by atoms with Crippen LogP contribution in [0.25, 0.3) is 0 Å². The highest BCUT2D eigenvalue weighted by molar-refractivity contribution is 5.73.